The van der Waals surface area contributed by atoms with E-state index in [1.54, 1.807) is 0 Å². The molecule has 0 amide bonds. The maximum Gasteiger partial charge on any atom is 0.0410 e. The first-order valence-corrected chi connectivity index (χ1v) is 6.64. The average molecular weight is 314 g/mol. The fourth-order valence-electron chi connectivity index (χ4n) is 1.75. The molecular weight excluding hydrogens is 302 g/mol. The SMILES string of the molecule is [N-]=[N+]=Nc1ccccc1CC=Cc1ccccc1Br. The van der Waals surface area contributed by atoms with Crippen molar-refractivity contribution in [3.05, 3.63) is 80.6 Å². The van der Waals surface area contributed by atoms with Crippen molar-refractivity contribution in [2.24, 2.45) is 5.11 Å². The third-order valence-corrected chi connectivity index (χ3v) is 3.41. The second-order valence-corrected chi connectivity index (χ2v) is 4.80. The Hall–Kier alpha value is -2.03. The molecule has 0 heterocycles. The molecule has 0 fully saturated rings. The number of halogens is 1. The van der Waals surface area contributed by atoms with Gasteiger partial charge in [-0.3, -0.25) is 0 Å². The number of benzene rings is 2. The van der Waals surface area contributed by atoms with Gasteiger partial charge < -0.3 is 0 Å². The Morgan fingerprint density at radius 3 is 2.63 bits per heavy atom. The van der Waals surface area contributed by atoms with Crippen molar-refractivity contribution in [2.75, 3.05) is 0 Å². The van der Waals surface area contributed by atoms with Crippen LogP contribution in [-0.2, 0) is 6.42 Å². The highest BCUT2D eigenvalue weighted by molar-refractivity contribution is 9.10. The zero-order valence-electron chi connectivity index (χ0n) is 10.2. The van der Waals surface area contributed by atoms with E-state index in [4.69, 9.17) is 5.53 Å². The molecule has 3 nitrogen and oxygen atoms in total. The molecule has 4 heteroatoms. The fraction of sp³-hybridized carbons (Fsp3) is 0.0667. The van der Waals surface area contributed by atoms with Gasteiger partial charge in [0, 0.05) is 15.1 Å². The van der Waals surface area contributed by atoms with Crippen molar-refractivity contribution in [3.8, 4) is 0 Å². The van der Waals surface area contributed by atoms with E-state index in [9.17, 15) is 0 Å². The van der Waals surface area contributed by atoms with Gasteiger partial charge in [-0.05, 0) is 29.1 Å². The standard InChI is InChI=1S/C15H12BrN3/c16-14-10-3-1-6-12(14)8-5-9-13-7-2-4-11-15(13)18-19-17/h1-8,10-11H,9H2. The predicted molar refractivity (Wildman–Crippen MR) is 82.1 cm³/mol. The lowest BCUT2D eigenvalue weighted by molar-refractivity contribution is 1.25. The first-order chi connectivity index (χ1) is 9.31. The Labute approximate surface area is 120 Å². The van der Waals surface area contributed by atoms with Crippen molar-refractivity contribution in [1.29, 1.82) is 0 Å². The monoisotopic (exact) mass is 313 g/mol. The van der Waals surface area contributed by atoms with E-state index in [2.05, 4.69) is 38.1 Å². The Kier molecular flexibility index (Phi) is 4.78. The largest absolute Gasteiger partial charge is 0.0795 e. The summed E-state index contributed by atoms with van der Waals surface area (Å²) in [5.74, 6) is 0. The molecule has 0 radical (unpaired) electrons. The second kappa shape index (κ2) is 6.78. The molecule has 0 spiro atoms. The summed E-state index contributed by atoms with van der Waals surface area (Å²) < 4.78 is 1.06. The van der Waals surface area contributed by atoms with E-state index < -0.39 is 0 Å². The number of hydrogen-bond donors (Lipinski definition) is 0. The summed E-state index contributed by atoms with van der Waals surface area (Å²) in [7, 11) is 0. The molecular formula is C15H12BrN3. The van der Waals surface area contributed by atoms with Gasteiger partial charge >= 0.3 is 0 Å². The Morgan fingerprint density at radius 1 is 1.11 bits per heavy atom. The van der Waals surface area contributed by atoms with Crippen molar-refractivity contribution < 1.29 is 0 Å². The summed E-state index contributed by atoms with van der Waals surface area (Å²) in [6.07, 6.45) is 4.85. The molecule has 0 saturated heterocycles. The number of nitrogens with zero attached hydrogens (tertiary/aromatic N) is 3. The molecule has 0 bridgehead atoms. The molecule has 0 aliphatic heterocycles. The van der Waals surface area contributed by atoms with E-state index in [0.29, 0.717) is 5.69 Å². The van der Waals surface area contributed by atoms with Gasteiger partial charge in [0.15, 0.2) is 0 Å². The van der Waals surface area contributed by atoms with Gasteiger partial charge in [-0.15, -0.1) is 0 Å². The van der Waals surface area contributed by atoms with Crippen molar-refractivity contribution in [3.63, 3.8) is 0 Å². The Morgan fingerprint density at radius 2 is 1.84 bits per heavy atom. The molecule has 0 aliphatic rings. The minimum Gasteiger partial charge on any atom is -0.0795 e. The van der Waals surface area contributed by atoms with Crippen LogP contribution in [0.25, 0.3) is 16.5 Å². The minimum absolute atomic E-state index is 0.682. The van der Waals surface area contributed by atoms with Crippen molar-refractivity contribution in [1.82, 2.24) is 0 Å². The van der Waals surface area contributed by atoms with Crippen LogP contribution in [0.15, 0.2) is 64.2 Å². The first-order valence-electron chi connectivity index (χ1n) is 5.85. The third-order valence-electron chi connectivity index (χ3n) is 2.68. The lowest BCUT2D eigenvalue weighted by Crippen LogP contribution is -1.81. The quantitative estimate of drug-likeness (QED) is 0.398. The normalized spacial score (nSPS) is 10.4. The van der Waals surface area contributed by atoms with Crippen LogP contribution in [0.2, 0.25) is 0 Å². The van der Waals surface area contributed by atoms with Gasteiger partial charge in [-0.1, -0.05) is 75.7 Å². The fourth-order valence-corrected chi connectivity index (χ4v) is 2.17. The molecule has 2 rings (SSSR count). The Balaban J connectivity index is 2.15. The highest BCUT2D eigenvalue weighted by Gasteiger charge is 1.97. The van der Waals surface area contributed by atoms with Gasteiger partial charge in [-0.25, -0.2) is 0 Å². The van der Waals surface area contributed by atoms with Crippen LogP contribution < -0.4 is 0 Å². The number of rotatable bonds is 4. The third kappa shape index (κ3) is 3.71. The van der Waals surface area contributed by atoms with Gasteiger partial charge in [0.25, 0.3) is 0 Å². The van der Waals surface area contributed by atoms with Crippen LogP contribution in [0.4, 0.5) is 5.69 Å². The zero-order chi connectivity index (χ0) is 13.5. The van der Waals surface area contributed by atoms with Gasteiger partial charge in [0.1, 0.15) is 0 Å². The maximum atomic E-state index is 8.52. The van der Waals surface area contributed by atoms with Gasteiger partial charge in [0.05, 0.1) is 0 Å². The molecule has 0 aliphatic carbocycles. The molecule has 0 saturated carbocycles. The molecule has 2 aromatic rings. The summed E-state index contributed by atoms with van der Waals surface area (Å²) in [5.41, 5.74) is 11.3. The maximum absolute atomic E-state index is 8.52. The molecule has 2 aromatic carbocycles. The lowest BCUT2D eigenvalue weighted by atomic mass is 10.1. The van der Waals surface area contributed by atoms with Crippen LogP contribution in [-0.4, -0.2) is 0 Å². The molecule has 0 aromatic heterocycles. The number of allylic oxidation sites excluding steroid dienone is 1. The van der Waals surface area contributed by atoms with Crippen molar-refractivity contribution in [2.45, 2.75) is 6.42 Å². The summed E-state index contributed by atoms with van der Waals surface area (Å²) in [5, 5.41) is 3.69. The summed E-state index contributed by atoms with van der Waals surface area (Å²) in [6.45, 7) is 0. The first kappa shape index (κ1) is 13.4. The lowest BCUT2D eigenvalue weighted by Gasteiger charge is -2.01. The minimum atomic E-state index is 0.682. The van der Waals surface area contributed by atoms with E-state index in [0.717, 1.165) is 22.0 Å². The van der Waals surface area contributed by atoms with Crippen LogP contribution in [0.3, 0.4) is 0 Å². The number of azide groups is 1. The predicted octanol–water partition coefficient (Wildman–Crippen LogP) is 5.65. The van der Waals surface area contributed by atoms with Crippen molar-refractivity contribution >= 4 is 27.7 Å². The zero-order valence-corrected chi connectivity index (χ0v) is 11.8. The molecule has 0 N–H and O–H groups in total. The Bertz CT molecular complexity index is 643. The molecule has 0 atom stereocenters. The topological polar surface area (TPSA) is 48.8 Å². The summed E-state index contributed by atoms with van der Waals surface area (Å²) in [6, 6.07) is 15.6. The van der Waals surface area contributed by atoms with Gasteiger partial charge in [0.2, 0.25) is 0 Å². The van der Waals surface area contributed by atoms with Gasteiger partial charge in [-0.2, -0.15) is 0 Å². The summed E-state index contributed by atoms with van der Waals surface area (Å²) in [4.78, 5) is 2.84. The van der Waals surface area contributed by atoms with Crippen LogP contribution >= 0.6 is 15.9 Å². The number of hydrogen-bond acceptors (Lipinski definition) is 1. The van der Waals surface area contributed by atoms with E-state index >= 15 is 0 Å². The van der Waals surface area contributed by atoms with Crippen LogP contribution in [0, 0.1) is 0 Å². The van der Waals surface area contributed by atoms with Crippen LogP contribution in [0.1, 0.15) is 11.1 Å². The highest BCUT2D eigenvalue weighted by atomic mass is 79.9. The smallest absolute Gasteiger partial charge is 0.0410 e. The highest BCUT2D eigenvalue weighted by Crippen LogP contribution is 2.21. The van der Waals surface area contributed by atoms with E-state index in [1.165, 1.54) is 0 Å². The van der Waals surface area contributed by atoms with E-state index in [-0.39, 0.29) is 0 Å². The molecule has 19 heavy (non-hydrogen) atoms. The van der Waals surface area contributed by atoms with Crippen LogP contribution in [0.5, 0.6) is 0 Å². The molecule has 0 unspecified atom stereocenters. The average Bonchev–Trinajstić information content (AvgIpc) is 2.43. The van der Waals surface area contributed by atoms with E-state index in [1.807, 2.05) is 48.5 Å². The summed E-state index contributed by atoms with van der Waals surface area (Å²) >= 11 is 3.50. The molecule has 94 valence electrons. The second-order valence-electron chi connectivity index (χ2n) is 3.95.